The maximum Gasteiger partial charge on any atom is 0.407 e. The number of ketones is 1. The largest absolute Gasteiger partial charge is 0.447 e. The second-order valence-electron chi connectivity index (χ2n) is 18.1. The molecule has 1 heterocycles. The van der Waals surface area contributed by atoms with Crippen molar-refractivity contribution in [2.75, 3.05) is 13.2 Å². The lowest BCUT2D eigenvalue weighted by molar-refractivity contribution is -0.144. The van der Waals surface area contributed by atoms with E-state index < -0.39 is 64.8 Å². The van der Waals surface area contributed by atoms with Crippen LogP contribution in [0.3, 0.4) is 0 Å². The van der Waals surface area contributed by atoms with Gasteiger partial charge < -0.3 is 36.6 Å². The zero-order chi connectivity index (χ0) is 38.3. The van der Waals surface area contributed by atoms with Gasteiger partial charge in [-0.1, -0.05) is 78.1 Å². The quantitative estimate of drug-likeness (QED) is 0.205. The van der Waals surface area contributed by atoms with E-state index in [4.69, 9.17) is 10.5 Å². The van der Waals surface area contributed by atoms with Gasteiger partial charge in [-0.15, -0.1) is 0 Å². The number of Topliss-reactive ketones (excluding diaryl/α,β-unsaturated/α-hetero) is 1. The standard InChI is InChI=1S/C39H58N6O7/c1-37(2,3)27(20-52-36(51)44-38(4,5)6)42-35(50)43-29(24-17-22-14-9-10-15-23(22)18-24)34(49)45-19-25-28(39(25,7)8)30(45)33(48)41-26(31(46)32(40)47)16-21-12-11-13-21/h9-10,14-15,21,24-30H,11-13,16-20H2,1-8H3,(H2,40,47)(H,41,48)(H,44,51)(H2,42,43,50)/t25?,26?,27-,28?,29+,30+/m1/s1. The van der Waals surface area contributed by atoms with Gasteiger partial charge in [0, 0.05) is 12.1 Å². The Kier molecular flexibility index (Phi) is 11.0. The van der Waals surface area contributed by atoms with Crippen LogP contribution in [-0.2, 0) is 36.8 Å². The van der Waals surface area contributed by atoms with Crippen LogP contribution in [0.2, 0.25) is 0 Å². The number of hydrogen-bond donors (Lipinski definition) is 5. The van der Waals surface area contributed by atoms with Crippen LogP contribution in [0.5, 0.6) is 0 Å². The first-order valence-corrected chi connectivity index (χ1v) is 18.7. The number of nitrogens with zero attached hydrogens (tertiary/aromatic N) is 1. The van der Waals surface area contributed by atoms with Crippen molar-refractivity contribution in [2.24, 2.45) is 40.2 Å². The predicted octanol–water partition coefficient (Wildman–Crippen LogP) is 3.22. The van der Waals surface area contributed by atoms with Gasteiger partial charge in [0.25, 0.3) is 5.91 Å². The summed E-state index contributed by atoms with van der Waals surface area (Å²) in [6.07, 6.45) is 3.70. The summed E-state index contributed by atoms with van der Waals surface area (Å²) in [5.74, 6) is -2.96. The van der Waals surface area contributed by atoms with E-state index in [0.717, 1.165) is 30.4 Å². The maximum absolute atomic E-state index is 14.8. The van der Waals surface area contributed by atoms with E-state index in [9.17, 15) is 28.8 Å². The van der Waals surface area contributed by atoms with E-state index in [0.29, 0.717) is 25.8 Å². The van der Waals surface area contributed by atoms with Gasteiger partial charge in [0.2, 0.25) is 17.6 Å². The summed E-state index contributed by atoms with van der Waals surface area (Å²) >= 11 is 0. The van der Waals surface area contributed by atoms with E-state index in [1.54, 1.807) is 4.90 Å². The molecule has 6 amide bonds. The van der Waals surface area contributed by atoms with Crippen LogP contribution in [0.25, 0.3) is 0 Å². The Morgan fingerprint density at radius 3 is 2.08 bits per heavy atom. The number of likely N-dealkylation sites (tertiary alicyclic amines) is 1. The Morgan fingerprint density at radius 1 is 0.942 bits per heavy atom. The van der Waals surface area contributed by atoms with Crippen LogP contribution in [0.15, 0.2) is 24.3 Å². The van der Waals surface area contributed by atoms with Crippen LogP contribution >= 0.6 is 0 Å². The lowest BCUT2D eigenvalue weighted by atomic mass is 9.80. The summed E-state index contributed by atoms with van der Waals surface area (Å²) in [4.78, 5) is 81.6. The molecule has 13 nitrogen and oxygen atoms in total. The van der Waals surface area contributed by atoms with E-state index in [2.05, 4.69) is 35.1 Å². The van der Waals surface area contributed by atoms with Crippen molar-refractivity contribution in [3.8, 4) is 0 Å². The minimum atomic E-state index is -1.10. The van der Waals surface area contributed by atoms with Gasteiger partial charge in [-0.3, -0.25) is 19.2 Å². The van der Waals surface area contributed by atoms with Crippen molar-refractivity contribution in [2.45, 2.75) is 124 Å². The first kappa shape index (κ1) is 39.1. The highest BCUT2D eigenvalue weighted by Crippen LogP contribution is 2.65. The number of urea groups is 1. The van der Waals surface area contributed by atoms with Crippen molar-refractivity contribution in [3.63, 3.8) is 0 Å². The molecule has 0 aromatic heterocycles. The van der Waals surface area contributed by atoms with Crippen LogP contribution in [-0.4, -0.2) is 83.4 Å². The number of benzene rings is 1. The average molecular weight is 723 g/mol. The number of amides is 6. The van der Waals surface area contributed by atoms with Gasteiger partial charge in [-0.05, 0) is 85.7 Å². The average Bonchev–Trinajstić information content (AvgIpc) is 3.38. The van der Waals surface area contributed by atoms with E-state index in [1.165, 1.54) is 0 Å². The fourth-order valence-corrected chi connectivity index (χ4v) is 8.27. The molecule has 3 fully saturated rings. The Hall–Kier alpha value is -4.16. The molecule has 6 atom stereocenters. The minimum absolute atomic E-state index is 0.0565. The molecule has 2 saturated carbocycles. The third kappa shape index (κ3) is 8.71. The van der Waals surface area contributed by atoms with Crippen LogP contribution in [0, 0.1) is 34.5 Å². The Labute approximate surface area is 307 Å². The number of piperidine rings is 1. The molecule has 3 unspecified atom stereocenters. The van der Waals surface area contributed by atoms with Crippen molar-refractivity contribution < 1.29 is 33.5 Å². The Balaban J connectivity index is 1.37. The summed E-state index contributed by atoms with van der Waals surface area (Å²) in [7, 11) is 0. The molecule has 13 heteroatoms. The normalized spacial score (nSPS) is 23.9. The molecule has 1 aliphatic heterocycles. The summed E-state index contributed by atoms with van der Waals surface area (Å²) in [5.41, 5.74) is 6.37. The first-order chi connectivity index (χ1) is 24.2. The number of nitrogens with two attached hydrogens (primary N) is 1. The zero-order valence-corrected chi connectivity index (χ0v) is 32.0. The molecular formula is C39H58N6O7. The van der Waals surface area contributed by atoms with Crippen molar-refractivity contribution >= 4 is 35.6 Å². The lowest BCUT2D eigenvalue weighted by Gasteiger charge is -2.36. The van der Waals surface area contributed by atoms with E-state index in [1.807, 2.05) is 65.8 Å². The molecule has 1 saturated heterocycles. The first-order valence-electron chi connectivity index (χ1n) is 18.7. The molecule has 286 valence electrons. The number of primary amides is 1. The second kappa shape index (κ2) is 14.7. The molecule has 0 bridgehead atoms. The minimum Gasteiger partial charge on any atom is -0.447 e. The molecule has 0 spiro atoms. The van der Waals surface area contributed by atoms with Crippen LogP contribution in [0.4, 0.5) is 9.59 Å². The number of carbonyl (C=O) groups is 6. The van der Waals surface area contributed by atoms with Gasteiger partial charge in [0.15, 0.2) is 0 Å². The molecule has 52 heavy (non-hydrogen) atoms. The predicted molar refractivity (Wildman–Crippen MR) is 195 cm³/mol. The maximum atomic E-state index is 14.8. The Morgan fingerprint density at radius 2 is 1.56 bits per heavy atom. The highest BCUT2D eigenvalue weighted by molar-refractivity contribution is 6.37. The monoisotopic (exact) mass is 722 g/mol. The molecule has 5 rings (SSSR count). The summed E-state index contributed by atoms with van der Waals surface area (Å²) in [6, 6.07) is 3.84. The Bertz CT molecular complexity index is 1550. The molecule has 1 aromatic rings. The number of alkyl carbamates (subject to hydrolysis) is 1. The molecular weight excluding hydrogens is 664 g/mol. The number of ether oxygens (including phenoxy) is 1. The highest BCUT2D eigenvalue weighted by Gasteiger charge is 2.70. The molecule has 0 radical (unpaired) electrons. The summed E-state index contributed by atoms with van der Waals surface area (Å²) in [5, 5.41) is 11.5. The van der Waals surface area contributed by atoms with Crippen LogP contribution < -0.4 is 27.0 Å². The van der Waals surface area contributed by atoms with E-state index >= 15 is 0 Å². The van der Waals surface area contributed by atoms with Crippen molar-refractivity contribution in [1.29, 1.82) is 0 Å². The molecule has 6 N–H and O–H groups in total. The van der Waals surface area contributed by atoms with Gasteiger partial charge in [0.1, 0.15) is 18.7 Å². The second-order valence-corrected chi connectivity index (χ2v) is 18.1. The summed E-state index contributed by atoms with van der Waals surface area (Å²) < 4.78 is 5.49. The summed E-state index contributed by atoms with van der Waals surface area (Å²) in [6.45, 7) is 15.6. The molecule has 3 aliphatic carbocycles. The van der Waals surface area contributed by atoms with Crippen molar-refractivity contribution in [3.05, 3.63) is 35.4 Å². The number of rotatable bonds is 12. The molecule has 4 aliphatic rings. The smallest absolute Gasteiger partial charge is 0.407 e. The number of hydrogen-bond acceptors (Lipinski definition) is 7. The molecule has 1 aromatic carbocycles. The van der Waals surface area contributed by atoms with Gasteiger partial charge >= 0.3 is 12.1 Å². The van der Waals surface area contributed by atoms with Gasteiger partial charge in [-0.25, -0.2) is 9.59 Å². The SMILES string of the molecule is CC(C)(C)NC(=O)OC[C@@H](NC(=O)N[C@H](C(=O)N1CC2C([C@H]1C(=O)NC(CC1CCC1)C(=O)C(N)=O)C2(C)C)C1Cc2ccccc2C1)C(C)(C)C. The topological polar surface area (TPSA) is 189 Å². The fourth-order valence-electron chi connectivity index (χ4n) is 8.27. The van der Waals surface area contributed by atoms with Crippen molar-refractivity contribution in [1.82, 2.24) is 26.2 Å². The highest BCUT2D eigenvalue weighted by atomic mass is 16.5. The lowest BCUT2D eigenvalue weighted by Crippen LogP contribution is -2.61. The van der Waals surface area contributed by atoms with E-state index in [-0.39, 0.29) is 41.6 Å². The van der Waals surface area contributed by atoms with Gasteiger partial charge in [-0.2, -0.15) is 0 Å². The number of nitrogens with one attached hydrogen (secondary N) is 4. The zero-order valence-electron chi connectivity index (χ0n) is 32.0. The van der Waals surface area contributed by atoms with Crippen LogP contribution in [0.1, 0.15) is 92.2 Å². The fraction of sp³-hybridized carbons (Fsp3) is 0.692. The van der Waals surface area contributed by atoms with Gasteiger partial charge in [0.05, 0.1) is 12.1 Å². The number of carbonyl (C=O) groups excluding carboxylic acids is 6. The third-order valence-electron chi connectivity index (χ3n) is 11.7. The third-order valence-corrected chi connectivity index (χ3v) is 11.7. The number of fused-ring (bicyclic) bond motifs is 2.